The summed E-state index contributed by atoms with van der Waals surface area (Å²) in [7, 11) is -1.25. The van der Waals surface area contributed by atoms with Crippen LogP contribution in [0.1, 0.15) is 0 Å². The Bertz CT molecular complexity index is 795. The van der Waals surface area contributed by atoms with Gasteiger partial charge in [-0.1, -0.05) is 17.7 Å². The van der Waals surface area contributed by atoms with Gasteiger partial charge in [-0.2, -0.15) is 0 Å². The van der Waals surface area contributed by atoms with Crippen molar-refractivity contribution < 1.29 is 22.3 Å². The van der Waals surface area contributed by atoms with Gasteiger partial charge in [0.1, 0.15) is 0 Å². The summed E-state index contributed by atoms with van der Waals surface area (Å²) in [5, 5.41) is 0.260. The first-order chi connectivity index (χ1) is 10.4. The van der Waals surface area contributed by atoms with E-state index >= 15 is 0 Å². The van der Waals surface area contributed by atoms with Gasteiger partial charge >= 0.3 is 0 Å². The summed E-state index contributed by atoms with van der Waals surface area (Å²) >= 11 is 5.77. The SMILES string of the molecule is COc1cc(F)c(NS(=O)(=O)c2cccc(Cl)c2)cc1OC. The molecule has 0 radical (unpaired) electrons. The molecule has 0 aromatic heterocycles. The van der Waals surface area contributed by atoms with Crippen molar-refractivity contribution in [2.45, 2.75) is 4.90 Å². The lowest BCUT2D eigenvalue weighted by Crippen LogP contribution is -2.14. The maximum Gasteiger partial charge on any atom is 0.262 e. The largest absolute Gasteiger partial charge is 0.493 e. The van der Waals surface area contributed by atoms with Crippen LogP contribution in [0.5, 0.6) is 11.5 Å². The minimum Gasteiger partial charge on any atom is -0.493 e. The fraction of sp³-hybridized carbons (Fsp3) is 0.143. The highest BCUT2D eigenvalue weighted by molar-refractivity contribution is 7.92. The number of benzene rings is 2. The fourth-order valence-electron chi connectivity index (χ4n) is 1.77. The molecule has 0 atom stereocenters. The van der Waals surface area contributed by atoms with E-state index in [1.807, 2.05) is 0 Å². The van der Waals surface area contributed by atoms with Gasteiger partial charge < -0.3 is 9.47 Å². The Morgan fingerprint density at radius 3 is 2.32 bits per heavy atom. The first kappa shape index (κ1) is 16.4. The van der Waals surface area contributed by atoms with Crippen LogP contribution in [-0.4, -0.2) is 22.6 Å². The van der Waals surface area contributed by atoms with Crippen molar-refractivity contribution in [1.82, 2.24) is 0 Å². The molecule has 0 aliphatic heterocycles. The van der Waals surface area contributed by atoms with E-state index in [9.17, 15) is 12.8 Å². The van der Waals surface area contributed by atoms with Crippen LogP contribution >= 0.6 is 11.6 Å². The average molecular weight is 346 g/mol. The van der Waals surface area contributed by atoms with Crippen molar-refractivity contribution in [3.63, 3.8) is 0 Å². The number of hydrogen-bond donors (Lipinski definition) is 1. The molecule has 5 nitrogen and oxygen atoms in total. The van der Waals surface area contributed by atoms with Crippen LogP contribution in [0.3, 0.4) is 0 Å². The van der Waals surface area contributed by atoms with E-state index in [4.69, 9.17) is 21.1 Å². The summed E-state index contributed by atoms with van der Waals surface area (Å²) in [6, 6.07) is 7.89. The Kier molecular flexibility index (Phi) is 4.77. The third-order valence-electron chi connectivity index (χ3n) is 2.82. The average Bonchev–Trinajstić information content (AvgIpc) is 2.48. The standard InChI is InChI=1S/C14H13ClFNO4S/c1-20-13-7-11(16)12(8-14(13)21-2)17-22(18,19)10-5-3-4-9(15)6-10/h3-8,17H,1-2H3. The third kappa shape index (κ3) is 3.42. The molecule has 2 rings (SSSR count). The van der Waals surface area contributed by atoms with Gasteiger partial charge in [0.15, 0.2) is 17.3 Å². The number of rotatable bonds is 5. The van der Waals surface area contributed by atoms with Crippen LogP contribution < -0.4 is 14.2 Å². The smallest absolute Gasteiger partial charge is 0.262 e. The Labute approximate surface area is 132 Å². The van der Waals surface area contributed by atoms with E-state index in [0.717, 1.165) is 6.07 Å². The molecule has 0 spiro atoms. The minimum atomic E-state index is -3.97. The molecule has 1 N–H and O–H groups in total. The van der Waals surface area contributed by atoms with Crippen LogP contribution in [0, 0.1) is 5.82 Å². The molecule has 0 bridgehead atoms. The number of hydrogen-bond acceptors (Lipinski definition) is 4. The number of anilines is 1. The number of sulfonamides is 1. The number of halogens is 2. The highest BCUT2D eigenvalue weighted by atomic mass is 35.5. The van der Waals surface area contributed by atoms with Gasteiger partial charge in [-0.15, -0.1) is 0 Å². The van der Waals surface area contributed by atoms with Crippen LogP contribution in [0.15, 0.2) is 41.3 Å². The molecule has 0 heterocycles. The van der Waals surface area contributed by atoms with Gasteiger partial charge in [0.25, 0.3) is 10.0 Å². The zero-order chi connectivity index (χ0) is 16.3. The molecule has 0 fully saturated rings. The van der Waals surface area contributed by atoms with Crippen LogP contribution in [0.2, 0.25) is 5.02 Å². The van der Waals surface area contributed by atoms with Gasteiger partial charge in [0, 0.05) is 17.2 Å². The van der Waals surface area contributed by atoms with E-state index < -0.39 is 15.8 Å². The zero-order valence-electron chi connectivity index (χ0n) is 11.8. The van der Waals surface area contributed by atoms with E-state index in [-0.39, 0.29) is 27.1 Å². The fourth-order valence-corrected chi connectivity index (χ4v) is 3.13. The molecule has 0 amide bonds. The third-order valence-corrected chi connectivity index (χ3v) is 4.42. The van der Waals surface area contributed by atoms with E-state index in [0.29, 0.717) is 0 Å². The van der Waals surface area contributed by atoms with Crippen LogP contribution in [0.4, 0.5) is 10.1 Å². The second-order valence-corrected chi connectivity index (χ2v) is 6.37. The Balaban J connectivity index is 2.42. The van der Waals surface area contributed by atoms with Gasteiger partial charge in [-0.3, -0.25) is 4.72 Å². The van der Waals surface area contributed by atoms with Gasteiger partial charge in [-0.25, -0.2) is 12.8 Å². The minimum absolute atomic E-state index is 0.0748. The number of ether oxygens (including phenoxy) is 2. The molecule has 0 saturated heterocycles. The highest BCUT2D eigenvalue weighted by Crippen LogP contribution is 2.33. The first-order valence-corrected chi connectivity index (χ1v) is 7.93. The molecule has 0 saturated carbocycles. The quantitative estimate of drug-likeness (QED) is 0.903. The predicted molar refractivity (Wildman–Crippen MR) is 81.8 cm³/mol. The van der Waals surface area contributed by atoms with Gasteiger partial charge in [0.2, 0.25) is 0 Å². The Hall–Kier alpha value is -1.99. The molecule has 118 valence electrons. The lowest BCUT2D eigenvalue weighted by molar-refractivity contribution is 0.353. The first-order valence-electron chi connectivity index (χ1n) is 6.07. The summed E-state index contributed by atoms with van der Waals surface area (Å²) in [6.45, 7) is 0. The summed E-state index contributed by atoms with van der Waals surface area (Å²) in [5.41, 5.74) is -0.252. The van der Waals surface area contributed by atoms with Crippen molar-refractivity contribution in [3.05, 3.63) is 47.2 Å². The molecule has 8 heteroatoms. The summed E-state index contributed by atoms with van der Waals surface area (Å²) in [4.78, 5) is -0.0748. The van der Waals surface area contributed by atoms with Crippen molar-refractivity contribution in [2.75, 3.05) is 18.9 Å². The van der Waals surface area contributed by atoms with Crippen molar-refractivity contribution >= 4 is 27.3 Å². The topological polar surface area (TPSA) is 64.6 Å². The molecule has 22 heavy (non-hydrogen) atoms. The molecule has 2 aromatic carbocycles. The normalized spacial score (nSPS) is 11.1. The van der Waals surface area contributed by atoms with Crippen LogP contribution in [-0.2, 0) is 10.0 Å². The zero-order valence-corrected chi connectivity index (χ0v) is 13.3. The van der Waals surface area contributed by atoms with Gasteiger partial charge in [0.05, 0.1) is 24.8 Å². The van der Waals surface area contributed by atoms with Gasteiger partial charge in [-0.05, 0) is 18.2 Å². The lowest BCUT2D eigenvalue weighted by atomic mass is 10.2. The number of methoxy groups -OCH3 is 2. The van der Waals surface area contributed by atoms with E-state index in [1.165, 1.54) is 44.6 Å². The maximum atomic E-state index is 14.0. The Morgan fingerprint density at radius 2 is 1.73 bits per heavy atom. The van der Waals surface area contributed by atoms with Crippen LogP contribution in [0.25, 0.3) is 0 Å². The number of nitrogens with one attached hydrogen (secondary N) is 1. The summed E-state index contributed by atoms with van der Waals surface area (Å²) in [5.74, 6) is -0.429. The molecule has 2 aromatic rings. The molecule has 0 aliphatic rings. The summed E-state index contributed by atoms with van der Waals surface area (Å²) < 4.78 is 50.6. The monoisotopic (exact) mass is 345 g/mol. The molecule has 0 aliphatic carbocycles. The molecular weight excluding hydrogens is 333 g/mol. The second kappa shape index (κ2) is 6.41. The maximum absolute atomic E-state index is 14.0. The second-order valence-electron chi connectivity index (χ2n) is 4.25. The predicted octanol–water partition coefficient (Wildman–Crippen LogP) is 3.30. The molecular formula is C14H13ClFNO4S. The van der Waals surface area contributed by atoms with E-state index in [2.05, 4.69) is 4.72 Å². The van der Waals surface area contributed by atoms with Crippen molar-refractivity contribution in [3.8, 4) is 11.5 Å². The highest BCUT2D eigenvalue weighted by Gasteiger charge is 2.19. The van der Waals surface area contributed by atoms with Crippen molar-refractivity contribution in [2.24, 2.45) is 0 Å². The molecule has 0 unspecified atom stereocenters. The lowest BCUT2D eigenvalue weighted by Gasteiger charge is -2.13. The Morgan fingerprint density at radius 1 is 1.09 bits per heavy atom. The van der Waals surface area contributed by atoms with Crippen molar-refractivity contribution in [1.29, 1.82) is 0 Å². The summed E-state index contributed by atoms with van der Waals surface area (Å²) in [6.07, 6.45) is 0. The van der Waals surface area contributed by atoms with E-state index in [1.54, 1.807) is 0 Å².